The van der Waals surface area contributed by atoms with Crippen LogP contribution in [0.2, 0.25) is 0 Å². The van der Waals surface area contributed by atoms with Crippen LogP contribution in [-0.4, -0.2) is 52.6 Å². The van der Waals surface area contributed by atoms with E-state index in [0.29, 0.717) is 31.9 Å². The van der Waals surface area contributed by atoms with Crippen LogP contribution in [0.1, 0.15) is 30.1 Å². The van der Waals surface area contributed by atoms with Gasteiger partial charge < -0.3 is 14.4 Å². The van der Waals surface area contributed by atoms with Crippen LogP contribution in [0.25, 0.3) is 0 Å². The van der Waals surface area contributed by atoms with E-state index in [2.05, 4.69) is 4.72 Å². The Bertz CT molecular complexity index is 963. The van der Waals surface area contributed by atoms with E-state index >= 15 is 0 Å². The Balaban J connectivity index is 1.47. The molecule has 2 aromatic rings. The Morgan fingerprint density at radius 2 is 2.00 bits per heavy atom. The summed E-state index contributed by atoms with van der Waals surface area (Å²) in [6, 6.07) is 14.6. The molecular formula is C22H28N2O5S. The Labute approximate surface area is 178 Å². The van der Waals surface area contributed by atoms with Crippen LogP contribution in [0.15, 0.2) is 53.4 Å². The number of hydrogen-bond acceptors (Lipinski definition) is 5. The van der Waals surface area contributed by atoms with Crippen LogP contribution < -0.4 is 9.46 Å². The lowest BCUT2D eigenvalue weighted by Crippen LogP contribution is -2.42. The van der Waals surface area contributed by atoms with Gasteiger partial charge in [0.1, 0.15) is 11.9 Å². The minimum Gasteiger partial charge on any atom is -0.496 e. The van der Waals surface area contributed by atoms with Crippen molar-refractivity contribution in [3.8, 4) is 5.75 Å². The largest absolute Gasteiger partial charge is 0.496 e. The number of hydrogen-bond donors (Lipinski definition) is 1. The molecule has 2 aromatic carbocycles. The molecule has 30 heavy (non-hydrogen) atoms. The van der Waals surface area contributed by atoms with Gasteiger partial charge in [0.2, 0.25) is 15.9 Å². The highest BCUT2D eigenvalue weighted by Crippen LogP contribution is 2.23. The molecule has 1 saturated heterocycles. The second-order valence-electron chi connectivity index (χ2n) is 7.24. The van der Waals surface area contributed by atoms with Gasteiger partial charge in [0.25, 0.3) is 0 Å². The van der Waals surface area contributed by atoms with Gasteiger partial charge in [-0.15, -0.1) is 0 Å². The SMILES string of the molecule is COc1ccc(S(=O)(=O)NCCCC(=O)N2CCOC(c3ccccc3)C2)cc1C. The van der Waals surface area contributed by atoms with Gasteiger partial charge in [0.15, 0.2) is 0 Å². The predicted octanol–water partition coefficient (Wildman–Crippen LogP) is 2.66. The number of amides is 1. The second kappa shape index (κ2) is 10.1. The van der Waals surface area contributed by atoms with Crippen molar-refractivity contribution in [2.75, 3.05) is 33.4 Å². The van der Waals surface area contributed by atoms with Crippen molar-refractivity contribution in [3.63, 3.8) is 0 Å². The van der Waals surface area contributed by atoms with Crippen molar-refractivity contribution in [3.05, 3.63) is 59.7 Å². The maximum Gasteiger partial charge on any atom is 0.240 e. The minimum atomic E-state index is -3.63. The summed E-state index contributed by atoms with van der Waals surface area (Å²) >= 11 is 0. The quantitative estimate of drug-likeness (QED) is 0.649. The molecule has 162 valence electrons. The van der Waals surface area contributed by atoms with Crippen molar-refractivity contribution in [1.82, 2.24) is 9.62 Å². The number of rotatable bonds is 8. The van der Waals surface area contributed by atoms with Crippen LogP contribution in [0.3, 0.4) is 0 Å². The smallest absolute Gasteiger partial charge is 0.240 e. The van der Waals surface area contributed by atoms with Gasteiger partial charge in [-0.25, -0.2) is 13.1 Å². The number of methoxy groups -OCH3 is 1. The van der Waals surface area contributed by atoms with Gasteiger partial charge in [-0.1, -0.05) is 30.3 Å². The summed E-state index contributed by atoms with van der Waals surface area (Å²) in [4.78, 5) is 14.5. The highest BCUT2D eigenvalue weighted by molar-refractivity contribution is 7.89. The summed E-state index contributed by atoms with van der Waals surface area (Å²) in [5.74, 6) is 0.651. The number of nitrogens with zero attached hydrogens (tertiary/aromatic N) is 1. The molecule has 1 fully saturated rings. The van der Waals surface area contributed by atoms with Crippen molar-refractivity contribution >= 4 is 15.9 Å². The number of sulfonamides is 1. The van der Waals surface area contributed by atoms with Crippen molar-refractivity contribution < 1.29 is 22.7 Å². The number of nitrogens with one attached hydrogen (secondary N) is 1. The Morgan fingerprint density at radius 1 is 1.23 bits per heavy atom. The monoisotopic (exact) mass is 432 g/mol. The third-order valence-corrected chi connectivity index (χ3v) is 6.59. The standard InChI is InChI=1S/C22H28N2O5S/c1-17-15-19(10-11-20(17)28-2)30(26,27)23-12-6-9-22(25)24-13-14-29-21(16-24)18-7-4-3-5-8-18/h3-5,7-8,10-11,15,21,23H,6,9,12-14,16H2,1-2H3. The average molecular weight is 433 g/mol. The summed E-state index contributed by atoms with van der Waals surface area (Å²) in [6.45, 7) is 3.56. The number of carbonyl (C=O) groups is 1. The number of carbonyl (C=O) groups excluding carboxylic acids is 1. The highest BCUT2D eigenvalue weighted by atomic mass is 32.2. The van der Waals surface area contributed by atoms with Gasteiger partial charge >= 0.3 is 0 Å². The van der Waals surface area contributed by atoms with E-state index in [1.165, 1.54) is 6.07 Å². The van der Waals surface area contributed by atoms with E-state index in [9.17, 15) is 13.2 Å². The van der Waals surface area contributed by atoms with Crippen molar-refractivity contribution in [2.24, 2.45) is 0 Å². The first kappa shape index (κ1) is 22.3. The zero-order valence-corrected chi connectivity index (χ0v) is 18.2. The molecular weight excluding hydrogens is 404 g/mol. The minimum absolute atomic E-state index is 0.0127. The molecule has 1 N–H and O–H groups in total. The van der Waals surface area contributed by atoms with E-state index in [-0.39, 0.29) is 29.9 Å². The second-order valence-corrected chi connectivity index (χ2v) is 9.01. The predicted molar refractivity (Wildman–Crippen MR) is 114 cm³/mol. The lowest BCUT2D eigenvalue weighted by atomic mass is 10.1. The summed E-state index contributed by atoms with van der Waals surface area (Å²) in [6.07, 6.45) is 0.590. The Hall–Kier alpha value is -2.42. The van der Waals surface area contributed by atoms with E-state index in [4.69, 9.17) is 9.47 Å². The molecule has 0 saturated carbocycles. The molecule has 0 aliphatic carbocycles. The van der Waals surface area contributed by atoms with Crippen LogP contribution in [0.4, 0.5) is 0 Å². The molecule has 3 rings (SSSR count). The molecule has 0 aromatic heterocycles. The Morgan fingerprint density at radius 3 is 2.70 bits per heavy atom. The molecule has 1 aliphatic heterocycles. The number of aryl methyl sites for hydroxylation is 1. The highest BCUT2D eigenvalue weighted by Gasteiger charge is 2.25. The molecule has 1 unspecified atom stereocenters. The van der Waals surface area contributed by atoms with Crippen LogP contribution >= 0.6 is 0 Å². The van der Waals surface area contributed by atoms with E-state index < -0.39 is 10.0 Å². The molecule has 7 nitrogen and oxygen atoms in total. The van der Waals surface area contributed by atoms with Crippen molar-refractivity contribution in [2.45, 2.75) is 30.8 Å². The van der Waals surface area contributed by atoms with E-state index in [1.54, 1.807) is 31.1 Å². The number of morpholine rings is 1. The summed E-state index contributed by atoms with van der Waals surface area (Å²) < 4.78 is 38.5. The van der Waals surface area contributed by atoms with Gasteiger partial charge in [-0.2, -0.15) is 0 Å². The summed E-state index contributed by atoms with van der Waals surface area (Å²) in [5.41, 5.74) is 1.80. The van der Waals surface area contributed by atoms with E-state index in [0.717, 1.165) is 11.1 Å². The summed E-state index contributed by atoms with van der Waals surface area (Å²) in [5, 5.41) is 0. The van der Waals surface area contributed by atoms with Crippen LogP contribution in [0.5, 0.6) is 5.75 Å². The molecule has 0 radical (unpaired) electrons. The van der Waals surface area contributed by atoms with Gasteiger partial charge in [-0.05, 0) is 42.7 Å². The molecule has 1 heterocycles. The fraction of sp³-hybridized carbons (Fsp3) is 0.409. The van der Waals surface area contributed by atoms with Crippen molar-refractivity contribution in [1.29, 1.82) is 0 Å². The fourth-order valence-corrected chi connectivity index (χ4v) is 4.61. The molecule has 0 bridgehead atoms. The lowest BCUT2D eigenvalue weighted by molar-refractivity contribution is -0.139. The Kier molecular flexibility index (Phi) is 7.47. The first-order valence-corrected chi connectivity index (χ1v) is 11.5. The molecule has 0 spiro atoms. The summed E-state index contributed by atoms with van der Waals surface area (Å²) in [7, 11) is -2.08. The average Bonchev–Trinajstić information content (AvgIpc) is 2.77. The van der Waals surface area contributed by atoms with E-state index in [1.807, 2.05) is 30.3 Å². The first-order chi connectivity index (χ1) is 14.4. The first-order valence-electron chi connectivity index (χ1n) is 9.99. The van der Waals surface area contributed by atoms with Crippen LogP contribution in [-0.2, 0) is 19.6 Å². The molecule has 1 aliphatic rings. The number of ether oxygens (including phenoxy) is 2. The molecule has 1 atom stereocenters. The number of benzene rings is 2. The maximum absolute atomic E-state index is 12.6. The third kappa shape index (κ3) is 5.59. The van der Waals surface area contributed by atoms with Gasteiger partial charge in [-0.3, -0.25) is 4.79 Å². The normalized spacial score (nSPS) is 17.0. The van der Waals surface area contributed by atoms with Gasteiger partial charge in [0, 0.05) is 19.5 Å². The zero-order valence-electron chi connectivity index (χ0n) is 17.3. The lowest BCUT2D eigenvalue weighted by Gasteiger charge is -2.33. The van der Waals surface area contributed by atoms with Gasteiger partial charge in [0.05, 0.1) is 25.2 Å². The topological polar surface area (TPSA) is 84.9 Å². The third-order valence-electron chi connectivity index (χ3n) is 5.13. The zero-order chi connectivity index (χ0) is 21.6. The maximum atomic E-state index is 12.6. The van der Waals surface area contributed by atoms with Crippen LogP contribution in [0, 0.1) is 6.92 Å². The fourth-order valence-electron chi connectivity index (χ4n) is 3.45. The molecule has 8 heteroatoms. The molecule has 1 amide bonds.